The van der Waals surface area contributed by atoms with Crippen molar-refractivity contribution in [3.05, 3.63) is 84.5 Å². The third-order valence-corrected chi connectivity index (χ3v) is 5.36. The third kappa shape index (κ3) is 5.43. The highest BCUT2D eigenvalue weighted by atomic mass is 16.5. The molecule has 0 saturated heterocycles. The van der Waals surface area contributed by atoms with Gasteiger partial charge in [0.05, 0.1) is 12.3 Å². The fraction of sp³-hybridized carbons (Fsp3) is 0.222. The monoisotopic (exact) mass is 458 g/mol. The van der Waals surface area contributed by atoms with Crippen LogP contribution in [0.5, 0.6) is 11.5 Å². The zero-order valence-electron chi connectivity index (χ0n) is 19.3. The topological polar surface area (TPSA) is 94.7 Å². The van der Waals surface area contributed by atoms with Gasteiger partial charge in [-0.15, -0.1) is 0 Å². The van der Waals surface area contributed by atoms with Crippen LogP contribution in [0, 0.1) is 6.92 Å². The lowest BCUT2D eigenvalue weighted by Gasteiger charge is -2.21. The Balaban J connectivity index is 1.34. The van der Waals surface area contributed by atoms with Gasteiger partial charge in [-0.2, -0.15) is 0 Å². The van der Waals surface area contributed by atoms with Crippen LogP contribution in [0.3, 0.4) is 0 Å². The number of ether oxygens (including phenoxy) is 2. The summed E-state index contributed by atoms with van der Waals surface area (Å²) in [5.41, 5.74) is 2.66. The molecule has 0 saturated carbocycles. The molecule has 0 atom stereocenters. The summed E-state index contributed by atoms with van der Waals surface area (Å²) < 4.78 is 17.2. The van der Waals surface area contributed by atoms with Crippen molar-refractivity contribution in [3.63, 3.8) is 0 Å². The lowest BCUT2D eigenvalue weighted by Crippen LogP contribution is -2.37. The van der Waals surface area contributed by atoms with E-state index in [0.29, 0.717) is 30.4 Å². The molecule has 7 heteroatoms. The van der Waals surface area contributed by atoms with Gasteiger partial charge in [0.1, 0.15) is 17.3 Å². The molecular weight excluding hydrogens is 432 g/mol. The number of hydrogen-bond donors (Lipinski definition) is 1. The van der Waals surface area contributed by atoms with Crippen LogP contribution in [0.15, 0.2) is 77.5 Å². The van der Waals surface area contributed by atoms with Gasteiger partial charge >= 0.3 is 5.97 Å². The Bertz CT molecular complexity index is 1250. The van der Waals surface area contributed by atoms with E-state index in [1.54, 1.807) is 36.7 Å². The molecule has 2 heterocycles. The van der Waals surface area contributed by atoms with Crippen LogP contribution in [0.2, 0.25) is 0 Å². The summed E-state index contributed by atoms with van der Waals surface area (Å²) in [4.78, 5) is 19.9. The SMILES string of the molecule is Cc1oc(-c2ccc(-c3ccncc3)cc2)nc1CCOc1ccc(OC(C)(C)C(=O)O)cc1. The van der Waals surface area contributed by atoms with E-state index in [1.165, 1.54) is 13.8 Å². The van der Waals surface area contributed by atoms with Crippen molar-refractivity contribution in [2.45, 2.75) is 32.8 Å². The minimum Gasteiger partial charge on any atom is -0.493 e. The van der Waals surface area contributed by atoms with Crippen LogP contribution in [0.25, 0.3) is 22.6 Å². The Hall–Kier alpha value is -4.13. The number of carbonyl (C=O) groups is 1. The van der Waals surface area contributed by atoms with Crippen molar-refractivity contribution >= 4 is 5.97 Å². The maximum atomic E-state index is 11.2. The van der Waals surface area contributed by atoms with Crippen LogP contribution in [-0.4, -0.2) is 33.3 Å². The van der Waals surface area contributed by atoms with E-state index < -0.39 is 11.6 Å². The molecule has 0 aliphatic heterocycles. The smallest absolute Gasteiger partial charge is 0.347 e. The minimum atomic E-state index is -1.30. The van der Waals surface area contributed by atoms with E-state index in [0.717, 1.165) is 28.1 Å². The van der Waals surface area contributed by atoms with Crippen LogP contribution < -0.4 is 9.47 Å². The Morgan fingerprint density at radius 2 is 1.50 bits per heavy atom. The lowest BCUT2D eigenvalue weighted by atomic mass is 10.1. The van der Waals surface area contributed by atoms with Crippen LogP contribution in [0.1, 0.15) is 25.3 Å². The number of carboxylic acid groups (broad SMARTS) is 1. The van der Waals surface area contributed by atoms with Gasteiger partial charge in [0.25, 0.3) is 0 Å². The molecule has 2 aromatic heterocycles. The van der Waals surface area contributed by atoms with E-state index in [1.807, 2.05) is 43.3 Å². The van der Waals surface area contributed by atoms with Crippen molar-refractivity contribution < 1.29 is 23.8 Å². The molecule has 0 aliphatic rings. The number of benzene rings is 2. The zero-order valence-corrected chi connectivity index (χ0v) is 19.3. The summed E-state index contributed by atoms with van der Waals surface area (Å²) in [6.45, 7) is 5.33. The second-order valence-corrected chi connectivity index (χ2v) is 8.32. The number of pyridine rings is 1. The summed E-state index contributed by atoms with van der Waals surface area (Å²) in [5, 5.41) is 9.17. The van der Waals surface area contributed by atoms with Crippen molar-refractivity contribution in [2.75, 3.05) is 6.61 Å². The Labute approximate surface area is 198 Å². The second-order valence-electron chi connectivity index (χ2n) is 8.32. The number of rotatable bonds is 9. The molecule has 174 valence electrons. The molecular formula is C27H26N2O5. The first kappa shape index (κ1) is 23.0. The summed E-state index contributed by atoms with van der Waals surface area (Å²) >= 11 is 0. The van der Waals surface area contributed by atoms with Gasteiger partial charge in [0.2, 0.25) is 5.89 Å². The van der Waals surface area contributed by atoms with E-state index in [4.69, 9.17) is 13.9 Å². The normalized spacial score (nSPS) is 11.3. The van der Waals surface area contributed by atoms with E-state index in [-0.39, 0.29) is 0 Å². The Morgan fingerprint density at radius 3 is 2.15 bits per heavy atom. The Morgan fingerprint density at radius 1 is 0.912 bits per heavy atom. The van der Waals surface area contributed by atoms with E-state index >= 15 is 0 Å². The predicted octanol–water partition coefficient (Wildman–Crippen LogP) is 5.58. The van der Waals surface area contributed by atoms with Gasteiger partial charge in [0, 0.05) is 24.4 Å². The largest absolute Gasteiger partial charge is 0.493 e. The number of aryl methyl sites for hydroxylation is 1. The average Bonchev–Trinajstić information content (AvgIpc) is 3.21. The Kier molecular flexibility index (Phi) is 6.63. The van der Waals surface area contributed by atoms with Crippen molar-refractivity contribution in [1.29, 1.82) is 0 Å². The highest BCUT2D eigenvalue weighted by Crippen LogP contribution is 2.26. The van der Waals surface area contributed by atoms with E-state index in [2.05, 4.69) is 9.97 Å². The number of nitrogens with zero attached hydrogens (tertiary/aromatic N) is 2. The fourth-order valence-corrected chi connectivity index (χ4v) is 3.34. The summed E-state index contributed by atoms with van der Waals surface area (Å²) in [5.74, 6) is 1.44. The summed E-state index contributed by atoms with van der Waals surface area (Å²) in [7, 11) is 0. The van der Waals surface area contributed by atoms with E-state index in [9.17, 15) is 9.90 Å². The maximum absolute atomic E-state index is 11.2. The summed E-state index contributed by atoms with van der Waals surface area (Å²) in [6.07, 6.45) is 4.14. The third-order valence-electron chi connectivity index (χ3n) is 5.36. The van der Waals surface area contributed by atoms with Gasteiger partial charge in [-0.1, -0.05) is 12.1 Å². The molecule has 4 rings (SSSR count). The number of aliphatic carboxylic acids is 1. The van der Waals surface area contributed by atoms with Gasteiger partial charge in [-0.25, -0.2) is 9.78 Å². The van der Waals surface area contributed by atoms with Crippen molar-refractivity contribution in [3.8, 4) is 34.1 Å². The average molecular weight is 459 g/mol. The molecule has 2 aromatic carbocycles. The quantitative estimate of drug-likeness (QED) is 0.350. The first-order valence-electron chi connectivity index (χ1n) is 10.9. The summed E-state index contributed by atoms with van der Waals surface area (Å²) in [6, 6.07) is 18.9. The fourth-order valence-electron chi connectivity index (χ4n) is 3.34. The number of aromatic nitrogens is 2. The number of oxazole rings is 1. The van der Waals surface area contributed by atoms with Gasteiger partial charge in [0.15, 0.2) is 5.60 Å². The highest BCUT2D eigenvalue weighted by Gasteiger charge is 2.29. The molecule has 0 unspecified atom stereocenters. The van der Waals surface area contributed by atoms with Gasteiger partial charge in [-0.05, 0) is 80.4 Å². The molecule has 4 aromatic rings. The standard InChI is InChI=1S/C27H26N2O5/c1-18-24(14-17-32-22-8-10-23(11-9-22)34-27(2,3)26(30)31)29-25(33-18)21-6-4-19(5-7-21)20-12-15-28-16-13-20/h4-13,15-16H,14,17H2,1-3H3,(H,30,31). The van der Waals surface area contributed by atoms with Crippen LogP contribution in [0.4, 0.5) is 0 Å². The van der Waals surface area contributed by atoms with Crippen LogP contribution in [-0.2, 0) is 11.2 Å². The molecule has 34 heavy (non-hydrogen) atoms. The minimum absolute atomic E-state index is 0.425. The molecule has 0 radical (unpaired) electrons. The second kappa shape index (κ2) is 9.79. The number of hydrogen-bond acceptors (Lipinski definition) is 6. The maximum Gasteiger partial charge on any atom is 0.347 e. The molecule has 0 spiro atoms. The van der Waals surface area contributed by atoms with Gasteiger partial charge < -0.3 is 19.0 Å². The van der Waals surface area contributed by atoms with Crippen molar-refractivity contribution in [1.82, 2.24) is 9.97 Å². The highest BCUT2D eigenvalue weighted by molar-refractivity contribution is 5.76. The molecule has 0 fully saturated rings. The predicted molar refractivity (Wildman–Crippen MR) is 128 cm³/mol. The van der Waals surface area contributed by atoms with Crippen molar-refractivity contribution in [2.24, 2.45) is 0 Å². The lowest BCUT2D eigenvalue weighted by molar-refractivity contribution is -0.152. The first-order valence-corrected chi connectivity index (χ1v) is 10.9. The molecule has 0 aliphatic carbocycles. The first-order chi connectivity index (χ1) is 16.3. The molecule has 0 amide bonds. The van der Waals surface area contributed by atoms with Crippen LogP contribution >= 0.6 is 0 Å². The zero-order chi connectivity index (χ0) is 24.1. The number of carboxylic acids is 1. The molecule has 1 N–H and O–H groups in total. The van der Waals surface area contributed by atoms with Gasteiger partial charge in [-0.3, -0.25) is 4.98 Å². The molecule has 7 nitrogen and oxygen atoms in total. The molecule has 0 bridgehead atoms.